The van der Waals surface area contributed by atoms with Crippen molar-refractivity contribution in [3.63, 3.8) is 0 Å². The van der Waals surface area contributed by atoms with Gasteiger partial charge in [0.25, 0.3) is 0 Å². The maximum absolute atomic E-state index is 12.1. The SMILES string of the molecule is CCC(C)(C)C(=O)OC1(C)CCC2(C)CC21. The maximum atomic E-state index is 12.1. The van der Waals surface area contributed by atoms with Crippen LogP contribution in [-0.2, 0) is 9.53 Å². The first kappa shape index (κ1) is 11.9. The normalized spacial score (nSPS) is 41.7. The fourth-order valence-electron chi connectivity index (χ4n) is 2.96. The molecule has 0 aromatic heterocycles. The summed E-state index contributed by atoms with van der Waals surface area (Å²) in [6.07, 6.45) is 4.33. The molecule has 0 aromatic rings. The Morgan fingerprint density at radius 1 is 1.38 bits per heavy atom. The lowest BCUT2D eigenvalue weighted by atomic mass is 9.89. The lowest BCUT2D eigenvalue weighted by Gasteiger charge is -2.31. The maximum Gasteiger partial charge on any atom is 0.312 e. The summed E-state index contributed by atoms with van der Waals surface area (Å²) in [5.74, 6) is 0.588. The molecule has 0 aliphatic heterocycles. The summed E-state index contributed by atoms with van der Waals surface area (Å²) in [5.41, 5.74) is -0.0411. The van der Waals surface area contributed by atoms with Crippen LogP contribution in [0.1, 0.15) is 60.3 Å². The smallest absolute Gasteiger partial charge is 0.312 e. The van der Waals surface area contributed by atoms with Gasteiger partial charge < -0.3 is 4.74 Å². The van der Waals surface area contributed by atoms with Crippen molar-refractivity contribution in [2.75, 3.05) is 0 Å². The molecular formula is C14H24O2. The standard InChI is InChI=1S/C14H24O2/c1-6-12(2,3)11(15)16-14(5)8-7-13(4)9-10(13)14/h10H,6-9H2,1-5H3. The second-order valence-electron chi connectivity index (χ2n) is 6.85. The first-order valence-electron chi connectivity index (χ1n) is 6.47. The van der Waals surface area contributed by atoms with Crippen LogP contribution in [0.2, 0.25) is 0 Å². The molecule has 2 heteroatoms. The summed E-state index contributed by atoms with van der Waals surface area (Å²) >= 11 is 0. The second-order valence-corrected chi connectivity index (χ2v) is 6.85. The van der Waals surface area contributed by atoms with E-state index in [4.69, 9.17) is 4.74 Å². The van der Waals surface area contributed by atoms with Gasteiger partial charge in [0.2, 0.25) is 0 Å². The molecule has 0 saturated heterocycles. The van der Waals surface area contributed by atoms with Crippen LogP contribution in [0.4, 0.5) is 0 Å². The first-order chi connectivity index (χ1) is 7.23. The minimum absolute atomic E-state index is 0.0198. The second kappa shape index (κ2) is 3.24. The minimum atomic E-state index is -0.336. The van der Waals surface area contributed by atoms with Crippen molar-refractivity contribution in [3.05, 3.63) is 0 Å². The van der Waals surface area contributed by atoms with Crippen LogP contribution in [0.5, 0.6) is 0 Å². The van der Waals surface area contributed by atoms with Gasteiger partial charge in [-0.3, -0.25) is 4.79 Å². The summed E-state index contributed by atoms with van der Waals surface area (Å²) in [7, 11) is 0. The van der Waals surface area contributed by atoms with E-state index < -0.39 is 0 Å². The molecule has 2 fully saturated rings. The molecule has 3 unspecified atom stereocenters. The van der Waals surface area contributed by atoms with Crippen molar-refractivity contribution in [3.8, 4) is 0 Å². The van der Waals surface area contributed by atoms with Gasteiger partial charge in [0.15, 0.2) is 0 Å². The number of ether oxygens (including phenoxy) is 1. The molecule has 0 heterocycles. The van der Waals surface area contributed by atoms with Crippen LogP contribution in [0.3, 0.4) is 0 Å². The molecule has 16 heavy (non-hydrogen) atoms. The van der Waals surface area contributed by atoms with E-state index in [0.717, 1.165) is 12.8 Å². The van der Waals surface area contributed by atoms with E-state index in [1.54, 1.807) is 0 Å². The molecule has 2 aliphatic rings. The number of rotatable bonds is 3. The van der Waals surface area contributed by atoms with Crippen LogP contribution < -0.4 is 0 Å². The van der Waals surface area contributed by atoms with Crippen molar-refractivity contribution >= 4 is 5.97 Å². The van der Waals surface area contributed by atoms with Gasteiger partial charge in [-0.25, -0.2) is 0 Å². The third kappa shape index (κ3) is 1.66. The van der Waals surface area contributed by atoms with Crippen molar-refractivity contribution in [1.29, 1.82) is 0 Å². The van der Waals surface area contributed by atoms with Gasteiger partial charge in [0.1, 0.15) is 5.60 Å². The minimum Gasteiger partial charge on any atom is -0.459 e. The fraction of sp³-hybridized carbons (Fsp3) is 0.929. The number of hydrogen-bond donors (Lipinski definition) is 0. The lowest BCUT2D eigenvalue weighted by Crippen LogP contribution is -2.37. The number of esters is 1. The predicted molar refractivity (Wildman–Crippen MR) is 64.0 cm³/mol. The van der Waals surface area contributed by atoms with Gasteiger partial charge >= 0.3 is 5.97 Å². The summed E-state index contributed by atoms with van der Waals surface area (Å²) < 4.78 is 5.83. The first-order valence-corrected chi connectivity index (χ1v) is 6.47. The summed E-state index contributed by atoms with van der Waals surface area (Å²) in [4.78, 5) is 12.1. The summed E-state index contributed by atoms with van der Waals surface area (Å²) in [6, 6.07) is 0. The van der Waals surface area contributed by atoms with E-state index in [2.05, 4.69) is 13.8 Å². The Bertz CT molecular complexity index is 321. The van der Waals surface area contributed by atoms with Crippen LogP contribution >= 0.6 is 0 Å². The molecule has 0 radical (unpaired) electrons. The Balaban J connectivity index is 2.03. The summed E-state index contributed by atoms with van der Waals surface area (Å²) in [5, 5.41) is 0. The quantitative estimate of drug-likeness (QED) is 0.685. The van der Waals surface area contributed by atoms with Crippen LogP contribution in [0.25, 0.3) is 0 Å². The third-order valence-corrected chi connectivity index (χ3v) is 5.04. The van der Waals surface area contributed by atoms with Gasteiger partial charge in [-0.2, -0.15) is 0 Å². The van der Waals surface area contributed by atoms with E-state index in [1.807, 2.05) is 20.8 Å². The highest BCUT2D eigenvalue weighted by molar-refractivity contribution is 5.76. The van der Waals surface area contributed by atoms with Crippen LogP contribution in [0.15, 0.2) is 0 Å². The van der Waals surface area contributed by atoms with E-state index in [9.17, 15) is 4.79 Å². The number of carbonyl (C=O) groups is 1. The molecule has 2 saturated carbocycles. The van der Waals surface area contributed by atoms with E-state index in [0.29, 0.717) is 11.3 Å². The Hall–Kier alpha value is -0.530. The predicted octanol–water partition coefficient (Wildman–Crippen LogP) is 3.54. The number of fused-ring (bicyclic) bond motifs is 1. The Kier molecular flexibility index (Phi) is 2.42. The number of hydrogen-bond acceptors (Lipinski definition) is 2. The topological polar surface area (TPSA) is 26.3 Å². The molecule has 3 atom stereocenters. The Labute approximate surface area is 98.7 Å². The molecular weight excluding hydrogens is 200 g/mol. The molecule has 0 N–H and O–H groups in total. The van der Waals surface area contributed by atoms with Crippen LogP contribution in [0, 0.1) is 16.7 Å². The number of carbonyl (C=O) groups excluding carboxylic acids is 1. The molecule has 0 bridgehead atoms. The highest BCUT2D eigenvalue weighted by Gasteiger charge is 2.65. The average molecular weight is 224 g/mol. The molecule has 2 aliphatic carbocycles. The Morgan fingerprint density at radius 2 is 2.00 bits per heavy atom. The fourth-order valence-corrected chi connectivity index (χ4v) is 2.96. The molecule has 2 nitrogen and oxygen atoms in total. The molecule has 0 aromatic carbocycles. The van der Waals surface area contributed by atoms with E-state index >= 15 is 0 Å². The zero-order valence-corrected chi connectivity index (χ0v) is 11.2. The molecule has 0 amide bonds. The van der Waals surface area contributed by atoms with Gasteiger partial charge in [-0.15, -0.1) is 0 Å². The molecule has 92 valence electrons. The average Bonchev–Trinajstić information content (AvgIpc) is 2.83. The monoisotopic (exact) mass is 224 g/mol. The van der Waals surface area contributed by atoms with Crippen molar-refractivity contribution in [2.45, 2.75) is 65.9 Å². The van der Waals surface area contributed by atoms with Crippen molar-refractivity contribution < 1.29 is 9.53 Å². The largest absolute Gasteiger partial charge is 0.459 e. The molecule has 2 rings (SSSR count). The van der Waals surface area contributed by atoms with Crippen LogP contribution in [-0.4, -0.2) is 11.6 Å². The lowest BCUT2D eigenvalue weighted by molar-refractivity contribution is -0.170. The van der Waals surface area contributed by atoms with E-state index in [1.165, 1.54) is 12.8 Å². The van der Waals surface area contributed by atoms with E-state index in [-0.39, 0.29) is 17.0 Å². The van der Waals surface area contributed by atoms with Gasteiger partial charge in [0.05, 0.1) is 5.41 Å². The summed E-state index contributed by atoms with van der Waals surface area (Å²) in [6.45, 7) is 10.4. The highest BCUT2D eigenvalue weighted by Crippen LogP contribution is 2.68. The molecule has 0 spiro atoms. The Morgan fingerprint density at radius 3 is 2.38 bits per heavy atom. The van der Waals surface area contributed by atoms with Gasteiger partial charge in [0, 0.05) is 5.92 Å². The van der Waals surface area contributed by atoms with Gasteiger partial charge in [-0.05, 0) is 51.9 Å². The third-order valence-electron chi connectivity index (χ3n) is 5.04. The zero-order valence-electron chi connectivity index (χ0n) is 11.2. The van der Waals surface area contributed by atoms with Crippen molar-refractivity contribution in [1.82, 2.24) is 0 Å². The zero-order chi connectivity index (χ0) is 12.2. The highest BCUT2D eigenvalue weighted by atomic mass is 16.6. The van der Waals surface area contributed by atoms with Gasteiger partial charge in [-0.1, -0.05) is 13.8 Å². The van der Waals surface area contributed by atoms with Crippen molar-refractivity contribution in [2.24, 2.45) is 16.7 Å².